The summed E-state index contributed by atoms with van der Waals surface area (Å²) in [6, 6.07) is 7.88. The van der Waals surface area contributed by atoms with Crippen LogP contribution in [0.15, 0.2) is 24.3 Å². The van der Waals surface area contributed by atoms with Gasteiger partial charge in [0.2, 0.25) is 5.24 Å². The van der Waals surface area contributed by atoms with Crippen molar-refractivity contribution in [2.24, 2.45) is 0 Å². The first kappa shape index (κ1) is 11.3. The van der Waals surface area contributed by atoms with Crippen LogP contribution in [0.1, 0.15) is 31.4 Å². The third-order valence-electron chi connectivity index (χ3n) is 2.88. The topological polar surface area (TPSA) is 17.1 Å². The fourth-order valence-corrected chi connectivity index (χ4v) is 1.86. The van der Waals surface area contributed by atoms with Gasteiger partial charge in [0.15, 0.2) is 0 Å². The van der Waals surface area contributed by atoms with Gasteiger partial charge in [-0.3, -0.25) is 4.79 Å². The molecule has 0 bridgehead atoms. The van der Waals surface area contributed by atoms with Gasteiger partial charge in [-0.25, -0.2) is 0 Å². The summed E-state index contributed by atoms with van der Waals surface area (Å²) in [5.41, 5.74) is 1.60. The Bertz CT molecular complexity index is 346. The largest absolute Gasteiger partial charge is 0.280 e. The molecule has 0 amide bonds. The molecule has 1 nitrogen and oxygen atoms in total. The standard InChI is InChI=1S/C12H15ClO/c1-4-12(3,11(13)14)10-8-6-5-7-9(10)2/h5-8H,4H2,1-3H3. The lowest BCUT2D eigenvalue weighted by molar-refractivity contribution is -0.116. The Morgan fingerprint density at radius 1 is 1.43 bits per heavy atom. The SMILES string of the molecule is CCC(C)(C(=O)Cl)c1ccccc1C. The van der Waals surface area contributed by atoms with Crippen LogP contribution in [0.3, 0.4) is 0 Å². The van der Waals surface area contributed by atoms with E-state index in [0.717, 1.165) is 17.5 Å². The van der Waals surface area contributed by atoms with E-state index in [4.69, 9.17) is 11.6 Å². The molecule has 0 radical (unpaired) electrons. The van der Waals surface area contributed by atoms with Crippen LogP contribution in [0.4, 0.5) is 0 Å². The van der Waals surface area contributed by atoms with E-state index in [2.05, 4.69) is 0 Å². The quantitative estimate of drug-likeness (QED) is 0.699. The first-order valence-electron chi connectivity index (χ1n) is 4.78. The fourth-order valence-electron chi connectivity index (χ4n) is 1.63. The molecule has 0 aromatic heterocycles. The zero-order chi connectivity index (χ0) is 10.8. The molecule has 0 aliphatic rings. The summed E-state index contributed by atoms with van der Waals surface area (Å²) < 4.78 is 0. The molecule has 0 saturated carbocycles. The lowest BCUT2D eigenvalue weighted by Gasteiger charge is -2.25. The minimum Gasteiger partial charge on any atom is -0.280 e. The van der Waals surface area contributed by atoms with Crippen molar-refractivity contribution in [3.8, 4) is 0 Å². The minimum absolute atomic E-state index is 0.283. The fraction of sp³-hybridized carbons (Fsp3) is 0.417. The lowest BCUT2D eigenvalue weighted by atomic mass is 9.79. The van der Waals surface area contributed by atoms with E-state index in [0.29, 0.717) is 0 Å². The molecule has 1 atom stereocenters. The highest BCUT2D eigenvalue weighted by atomic mass is 35.5. The van der Waals surface area contributed by atoms with Crippen LogP contribution in [0, 0.1) is 6.92 Å². The van der Waals surface area contributed by atoms with Gasteiger partial charge in [-0.15, -0.1) is 0 Å². The molecule has 0 spiro atoms. The molecule has 0 N–H and O–H groups in total. The van der Waals surface area contributed by atoms with Gasteiger partial charge >= 0.3 is 0 Å². The minimum atomic E-state index is -0.549. The Hall–Kier alpha value is -0.820. The zero-order valence-electron chi connectivity index (χ0n) is 8.80. The second-order valence-corrected chi connectivity index (χ2v) is 4.12. The van der Waals surface area contributed by atoms with E-state index in [1.54, 1.807) is 0 Å². The maximum absolute atomic E-state index is 11.4. The predicted molar refractivity (Wildman–Crippen MR) is 59.7 cm³/mol. The van der Waals surface area contributed by atoms with Crippen LogP contribution >= 0.6 is 11.6 Å². The van der Waals surface area contributed by atoms with Gasteiger partial charge < -0.3 is 0 Å². The highest BCUT2D eigenvalue weighted by Crippen LogP contribution is 2.32. The van der Waals surface area contributed by atoms with Gasteiger partial charge in [-0.05, 0) is 43.0 Å². The van der Waals surface area contributed by atoms with Gasteiger partial charge in [-0.2, -0.15) is 0 Å². The summed E-state index contributed by atoms with van der Waals surface area (Å²) in [5.74, 6) is 0. The van der Waals surface area contributed by atoms with Crippen LogP contribution in [-0.2, 0) is 10.2 Å². The second kappa shape index (κ2) is 4.14. The van der Waals surface area contributed by atoms with Crippen molar-refractivity contribution in [1.82, 2.24) is 0 Å². The third-order valence-corrected chi connectivity index (χ3v) is 3.30. The number of hydrogen-bond acceptors (Lipinski definition) is 1. The molecule has 1 unspecified atom stereocenters. The van der Waals surface area contributed by atoms with Crippen molar-refractivity contribution in [2.45, 2.75) is 32.6 Å². The first-order valence-corrected chi connectivity index (χ1v) is 5.16. The van der Waals surface area contributed by atoms with Crippen LogP contribution in [0.5, 0.6) is 0 Å². The van der Waals surface area contributed by atoms with Crippen molar-refractivity contribution in [3.05, 3.63) is 35.4 Å². The van der Waals surface area contributed by atoms with Gasteiger partial charge in [0.25, 0.3) is 0 Å². The number of aryl methyl sites for hydroxylation is 1. The van der Waals surface area contributed by atoms with E-state index in [1.807, 2.05) is 45.0 Å². The van der Waals surface area contributed by atoms with Gasteiger partial charge in [0.05, 0.1) is 5.41 Å². The Labute approximate surface area is 90.1 Å². The maximum Gasteiger partial charge on any atom is 0.231 e. The molecule has 1 rings (SSSR count). The summed E-state index contributed by atoms with van der Waals surface area (Å²) in [5, 5.41) is -0.283. The van der Waals surface area contributed by atoms with E-state index in [1.165, 1.54) is 0 Å². The molecular weight excluding hydrogens is 196 g/mol. The van der Waals surface area contributed by atoms with Gasteiger partial charge in [-0.1, -0.05) is 31.2 Å². The van der Waals surface area contributed by atoms with Crippen LogP contribution in [0.25, 0.3) is 0 Å². The number of rotatable bonds is 3. The Balaban J connectivity index is 3.26. The second-order valence-electron chi connectivity index (χ2n) is 3.77. The van der Waals surface area contributed by atoms with E-state index < -0.39 is 5.41 Å². The molecule has 0 aliphatic heterocycles. The summed E-state index contributed by atoms with van der Waals surface area (Å²) in [6.07, 6.45) is 0.722. The summed E-state index contributed by atoms with van der Waals surface area (Å²) in [6.45, 7) is 5.88. The van der Waals surface area contributed by atoms with Crippen molar-refractivity contribution in [1.29, 1.82) is 0 Å². The normalized spacial score (nSPS) is 14.9. The highest BCUT2D eigenvalue weighted by molar-refractivity contribution is 6.65. The van der Waals surface area contributed by atoms with Gasteiger partial charge in [0.1, 0.15) is 0 Å². The lowest BCUT2D eigenvalue weighted by Crippen LogP contribution is -2.29. The Morgan fingerprint density at radius 2 is 2.00 bits per heavy atom. The van der Waals surface area contributed by atoms with Crippen LogP contribution in [0.2, 0.25) is 0 Å². The zero-order valence-corrected chi connectivity index (χ0v) is 9.56. The van der Waals surface area contributed by atoms with Crippen molar-refractivity contribution in [2.75, 3.05) is 0 Å². The average Bonchev–Trinajstić information content (AvgIpc) is 2.17. The number of benzene rings is 1. The number of hydrogen-bond donors (Lipinski definition) is 0. The molecule has 2 heteroatoms. The van der Waals surface area contributed by atoms with Crippen molar-refractivity contribution < 1.29 is 4.79 Å². The Kier molecular flexibility index (Phi) is 3.33. The number of carbonyl (C=O) groups is 1. The number of carbonyl (C=O) groups excluding carboxylic acids is 1. The summed E-state index contributed by atoms with van der Waals surface area (Å²) >= 11 is 5.65. The molecule has 0 saturated heterocycles. The summed E-state index contributed by atoms with van der Waals surface area (Å²) in [4.78, 5) is 11.4. The van der Waals surface area contributed by atoms with E-state index in [9.17, 15) is 4.79 Å². The molecule has 14 heavy (non-hydrogen) atoms. The smallest absolute Gasteiger partial charge is 0.231 e. The molecule has 0 heterocycles. The summed E-state index contributed by atoms with van der Waals surface area (Å²) in [7, 11) is 0. The van der Waals surface area contributed by atoms with Crippen molar-refractivity contribution in [3.63, 3.8) is 0 Å². The number of halogens is 1. The average molecular weight is 211 g/mol. The van der Waals surface area contributed by atoms with Crippen LogP contribution < -0.4 is 0 Å². The van der Waals surface area contributed by atoms with Crippen LogP contribution in [-0.4, -0.2) is 5.24 Å². The molecule has 1 aromatic rings. The molecular formula is C12H15ClO. The van der Waals surface area contributed by atoms with E-state index in [-0.39, 0.29) is 5.24 Å². The van der Waals surface area contributed by atoms with Crippen molar-refractivity contribution >= 4 is 16.8 Å². The first-order chi connectivity index (χ1) is 6.52. The van der Waals surface area contributed by atoms with Gasteiger partial charge in [0, 0.05) is 0 Å². The highest BCUT2D eigenvalue weighted by Gasteiger charge is 2.32. The molecule has 0 aliphatic carbocycles. The predicted octanol–water partition coefficient (Wildman–Crippen LogP) is 3.43. The molecule has 0 fully saturated rings. The molecule has 1 aromatic carbocycles. The Morgan fingerprint density at radius 3 is 2.43 bits per heavy atom. The monoisotopic (exact) mass is 210 g/mol. The van der Waals surface area contributed by atoms with E-state index >= 15 is 0 Å². The third kappa shape index (κ3) is 1.83. The molecule has 76 valence electrons. The maximum atomic E-state index is 11.4.